The summed E-state index contributed by atoms with van der Waals surface area (Å²) in [5.41, 5.74) is 4.54. The number of furan rings is 1. The average molecular weight is 426 g/mol. The van der Waals surface area contributed by atoms with Crippen molar-refractivity contribution in [1.82, 2.24) is 16.2 Å². The first-order chi connectivity index (χ1) is 13.5. The molecular formula is C18H20ClN3O5S. The van der Waals surface area contributed by atoms with Crippen LogP contribution >= 0.6 is 23.4 Å². The molecule has 2 aromatic rings. The average Bonchev–Trinajstić information content (AvgIpc) is 3.23. The number of halogens is 1. The Balaban J connectivity index is 1.83. The van der Waals surface area contributed by atoms with Crippen LogP contribution in [0.15, 0.2) is 47.1 Å². The molecule has 1 heterocycles. The van der Waals surface area contributed by atoms with Gasteiger partial charge < -0.3 is 14.5 Å². The first-order valence-corrected chi connectivity index (χ1v) is 10.1. The van der Waals surface area contributed by atoms with Gasteiger partial charge in [0.25, 0.3) is 17.7 Å². The van der Waals surface area contributed by atoms with Gasteiger partial charge in [-0.1, -0.05) is 23.7 Å². The lowest BCUT2D eigenvalue weighted by atomic mass is 10.2. The molecule has 0 unspecified atom stereocenters. The first kappa shape index (κ1) is 21.6. The third-order valence-corrected chi connectivity index (χ3v) is 4.45. The van der Waals surface area contributed by atoms with Gasteiger partial charge in [0.05, 0.1) is 11.3 Å². The summed E-state index contributed by atoms with van der Waals surface area (Å²) in [5.74, 6) is -0.553. The Morgan fingerprint density at radius 2 is 1.96 bits per heavy atom. The molecule has 0 bridgehead atoms. The largest absolute Gasteiger partial charge is 0.482 e. The molecule has 10 heteroatoms. The van der Waals surface area contributed by atoms with Crippen molar-refractivity contribution in [3.05, 3.63) is 53.4 Å². The monoisotopic (exact) mass is 425 g/mol. The lowest BCUT2D eigenvalue weighted by Crippen LogP contribution is -2.53. The predicted octanol–water partition coefficient (Wildman–Crippen LogP) is 2.01. The van der Waals surface area contributed by atoms with Gasteiger partial charge in [0.2, 0.25) is 0 Å². The highest BCUT2D eigenvalue weighted by atomic mass is 35.5. The van der Waals surface area contributed by atoms with Crippen molar-refractivity contribution in [2.24, 2.45) is 0 Å². The van der Waals surface area contributed by atoms with Crippen LogP contribution in [0.4, 0.5) is 0 Å². The summed E-state index contributed by atoms with van der Waals surface area (Å²) in [4.78, 5) is 36.3. The highest BCUT2D eigenvalue weighted by Gasteiger charge is 2.22. The second kappa shape index (κ2) is 11.3. The van der Waals surface area contributed by atoms with Crippen LogP contribution < -0.4 is 20.9 Å². The number of para-hydroxylation sites is 1. The second-order valence-electron chi connectivity index (χ2n) is 5.54. The van der Waals surface area contributed by atoms with Crippen LogP contribution in [0.3, 0.4) is 0 Å². The van der Waals surface area contributed by atoms with Crippen LogP contribution in [0, 0.1) is 0 Å². The van der Waals surface area contributed by atoms with Gasteiger partial charge in [0.1, 0.15) is 11.8 Å². The van der Waals surface area contributed by atoms with Crippen LogP contribution in [0.2, 0.25) is 5.02 Å². The van der Waals surface area contributed by atoms with Crippen LogP contribution in [0.1, 0.15) is 17.0 Å². The maximum absolute atomic E-state index is 12.3. The molecule has 1 aromatic heterocycles. The predicted molar refractivity (Wildman–Crippen MR) is 106 cm³/mol. The molecule has 0 radical (unpaired) electrons. The Kier molecular flexibility index (Phi) is 8.70. The number of thioether (sulfide) groups is 1. The minimum Gasteiger partial charge on any atom is -0.482 e. The summed E-state index contributed by atoms with van der Waals surface area (Å²) in [6.45, 7) is -0.335. The number of rotatable bonds is 9. The molecule has 1 aromatic carbocycles. The van der Waals surface area contributed by atoms with Crippen molar-refractivity contribution in [2.75, 3.05) is 18.6 Å². The van der Waals surface area contributed by atoms with Crippen LogP contribution in [-0.4, -0.2) is 42.4 Å². The van der Waals surface area contributed by atoms with Crippen molar-refractivity contribution in [3.8, 4) is 5.75 Å². The molecule has 2 rings (SSSR count). The van der Waals surface area contributed by atoms with Crippen molar-refractivity contribution < 1.29 is 23.5 Å². The molecule has 0 aliphatic carbocycles. The van der Waals surface area contributed by atoms with E-state index >= 15 is 0 Å². The zero-order valence-electron chi connectivity index (χ0n) is 15.1. The summed E-state index contributed by atoms with van der Waals surface area (Å²) < 4.78 is 10.3. The van der Waals surface area contributed by atoms with Crippen molar-refractivity contribution in [1.29, 1.82) is 0 Å². The number of ether oxygens (including phenoxy) is 1. The van der Waals surface area contributed by atoms with E-state index in [-0.39, 0.29) is 12.4 Å². The fraction of sp³-hybridized carbons (Fsp3) is 0.278. The smallest absolute Gasteiger partial charge is 0.287 e. The van der Waals surface area contributed by atoms with Gasteiger partial charge >= 0.3 is 0 Å². The normalized spacial score (nSPS) is 11.4. The molecule has 0 spiro atoms. The van der Waals surface area contributed by atoms with Crippen LogP contribution in [0.25, 0.3) is 0 Å². The molecule has 3 N–H and O–H groups in total. The van der Waals surface area contributed by atoms with Crippen LogP contribution in [0.5, 0.6) is 5.75 Å². The van der Waals surface area contributed by atoms with Gasteiger partial charge in [0.15, 0.2) is 12.4 Å². The van der Waals surface area contributed by atoms with E-state index in [0.717, 1.165) is 0 Å². The Hall–Kier alpha value is -2.65. The first-order valence-electron chi connectivity index (χ1n) is 8.30. The fourth-order valence-corrected chi connectivity index (χ4v) is 2.76. The molecule has 1 atom stereocenters. The number of benzene rings is 1. The summed E-state index contributed by atoms with van der Waals surface area (Å²) in [7, 11) is 0. The standard InChI is InChI=1S/C18H20ClN3O5S/c1-28-10-8-13(20-18(25)15-7-4-9-26-15)17(24)22-21-16(23)11-27-14-6-3-2-5-12(14)19/h2-7,9,13H,8,10-11H2,1H3,(H,20,25)(H,21,23)(H,22,24)/t13-/m0/s1. The molecule has 3 amide bonds. The van der Waals surface area contributed by atoms with E-state index in [0.29, 0.717) is 22.9 Å². The van der Waals surface area contributed by atoms with Gasteiger partial charge in [-0.05, 0) is 42.7 Å². The van der Waals surface area contributed by atoms with Gasteiger partial charge in [-0.2, -0.15) is 11.8 Å². The Labute approximate surface area is 171 Å². The van der Waals surface area contributed by atoms with E-state index in [9.17, 15) is 14.4 Å². The molecule has 0 saturated carbocycles. The Morgan fingerprint density at radius 3 is 2.64 bits per heavy atom. The van der Waals surface area contributed by atoms with Gasteiger partial charge in [-0.15, -0.1) is 0 Å². The molecular weight excluding hydrogens is 406 g/mol. The molecule has 0 fully saturated rings. The molecule has 28 heavy (non-hydrogen) atoms. The number of hydrogen-bond donors (Lipinski definition) is 3. The summed E-state index contributed by atoms with van der Waals surface area (Å²) in [5, 5.41) is 2.96. The molecule has 8 nitrogen and oxygen atoms in total. The molecule has 150 valence electrons. The minimum atomic E-state index is -0.838. The third-order valence-electron chi connectivity index (χ3n) is 3.50. The van der Waals surface area contributed by atoms with Crippen molar-refractivity contribution in [3.63, 3.8) is 0 Å². The summed E-state index contributed by atoms with van der Waals surface area (Å²) in [6, 6.07) is 8.94. The van der Waals surface area contributed by atoms with E-state index < -0.39 is 23.8 Å². The van der Waals surface area contributed by atoms with Gasteiger partial charge in [0, 0.05) is 0 Å². The third kappa shape index (κ3) is 6.82. The highest BCUT2D eigenvalue weighted by molar-refractivity contribution is 7.98. The maximum atomic E-state index is 12.3. The number of carbonyl (C=O) groups excluding carboxylic acids is 3. The molecule has 0 aliphatic rings. The number of hydrogen-bond acceptors (Lipinski definition) is 6. The van der Waals surface area contributed by atoms with E-state index in [4.69, 9.17) is 20.8 Å². The van der Waals surface area contributed by atoms with E-state index in [1.807, 2.05) is 6.26 Å². The van der Waals surface area contributed by atoms with Crippen LogP contribution in [-0.2, 0) is 9.59 Å². The van der Waals surface area contributed by atoms with Crippen molar-refractivity contribution in [2.45, 2.75) is 12.5 Å². The van der Waals surface area contributed by atoms with Gasteiger partial charge in [-0.25, -0.2) is 0 Å². The SMILES string of the molecule is CSCC[C@H](NC(=O)c1ccco1)C(=O)NNC(=O)COc1ccccc1Cl. The fourth-order valence-electron chi connectivity index (χ4n) is 2.10. The van der Waals surface area contributed by atoms with E-state index in [1.54, 1.807) is 30.3 Å². The lowest BCUT2D eigenvalue weighted by Gasteiger charge is -2.18. The number of hydrazine groups is 1. The van der Waals surface area contributed by atoms with Crippen molar-refractivity contribution >= 4 is 41.1 Å². The zero-order valence-corrected chi connectivity index (χ0v) is 16.6. The van der Waals surface area contributed by atoms with Gasteiger partial charge in [-0.3, -0.25) is 25.2 Å². The Morgan fingerprint density at radius 1 is 1.18 bits per heavy atom. The number of carbonyl (C=O) groups is 3. The quantitative estimate of drug-likeness (QED) is 0.530. The lowest BCUT2D eigenvalue weighted by molar-refractivity contribution is -0.130. The Bertz CT molecular complexity index is 800. The maximum Gasteiger partial charge on any atom is 0.287 e. The number of amides is 3. The highest BCUT2D eigenvalue weighted by Crippen LogP contribution is 2.22. The number of nitrogens with one attached hydrogen (secondary N) is 3. The molecule has 0 aliphatic heterocycles. The second-order valence-corrected chi connectivity index (χ2v) is 6.93. The topological polar surface area (TPSA) is 110 Å². The van der Waals surface area contributed by atoms with E-state index in [2.05, 4.69) is 16.2 Å². The minimum absolute atomic E-state index is 0.0964. The summed E-state index contributed by atoms with van der Waals surface area (Å²) >= 11 is 7.47. The van der Waals surface area contributed by atoms with E-state index in [1.165, 1.54) is 24.1 Å². The molecule has 0 saturated heterocycles. The zero-order chi connectivity index (χ0) is 20.4. The summed E-state index contributed by atoms with van der Waals surface area (Å²) in [6.07, 6.45) is 3.63.